The topological polar surface area (TPSA) is 90.0 Å². The number of anilines is 1. The van der Waals surface area contributed by atoms with Gasteiger partial charge < -0.3 is 9.47 Å². The van der Waals surface area contributed by atoms with Gasteiger partial charge in [-0.25, -0.2) is 9.69 Å². The predicted octanol–water partition coefficient (Wildman–Crippen LogP) is 3.05. The van der Waals surface area contributed by atoms with E-state index in [0.717, 1.165) is 11.3 Å². The third-order valence-electron chi connectivity index (χ3n) is 6.58. The second kappa shape index (κ2) is 7.75. The first-order valence-corrected chi connectivity index (χ1v) is 10.5. The lowest BCUT2D eigenvalue weighted by Crippen LogP contribution is -2.34. The Morgan fingerprint density at radius 2 is 1.56 bits per heavy atom. The van der Waals surface area contributed by atoms with E-state index < -0.39 is 12.6 Å². The van der Waals surface area contributed by atoms with Crippen LogP contribution in [0.4, 0.5) is 5.69 Å². The molecule has 4 atom stereocenters. The van der Waals surface area contributed by atoms with Crippen LogP contribution in [-0.4, -0.2) is 37.3 Å². The summed E-state index contributed by atoms with van der Waals surface area (Å²) in [6.07, 6.45) is 4.87. The molecule has 2 aliphatic carbocycles. The predicted molar refractivity (Wildman–Crippen MR) is 114 cm³/mol. The average Bonchev–Trinajstić information content (AvgIpc) is 3.51. The van der Waals surface area contributed by atoms with E-state index in [0.29, 0.717) is 11.3 Å². The molecule has 2 bridgehead atoms. The highest BCUT2D eigenvalue weighted by atomic mass is 16.5. The summed E-state index contributed by atoms with van der Waals surface area (Å²) < 4.78 is 10.3. The fourth-order valence-corrected chi connectivity index (χ4v) is 5.05. The zero-order valence-electron chi connectivity index (χ0n) is 17.4. The summed E-state index contributed by atoms with van der Waals surface area (Å²) in [4.78, 5) is 52.6. The average molecular weight is 431 g/mol. The SMILES string of the molecule is COc1ccc(C(=O)COC(=O)c2ccccc2N2C(=O)[C@@H]3[C@@H](C2=O)[C@H]2C=C[C@H]3C2)cc1. The molecular formula is C25H21NO6. The molecule has 1 saturated heterocycles. The van der Waals surface area contributed by atoms with Crippen LogP contribution in [0.15, 0.2) is 60.7 Å². The molecule has 2 fully saturated rings. The first-order valence-electron chi connectivity index (χ1n) is 10.5. The first-order chi connectivity index (χ1) is 15.5. The first kappa shape index (κ1) is 20.2. The number of allylic oxidation sites excluding steroid dienone is 2. The van der Waals surface area contributed by atoms with E-state index in [4.69, 9.17) is 9.47 Å². The molecule has 1 heterocycles. The number of hydrogen-bond acceptors (Lipinski definition) is 6. The highest BCUT2D eigenvalue weighted by molar-refractivity contribution is 6.24. The smallest absolute Gasteiger partial charge is 0.340 e. The third-order valence-corrected chi connectivity index (χ3v) is 6.58. The van der Waals surface area contributed by atoms with E-state index in [-0.39, 0.29) is 52.5 Å². The lowest BCUT2D eigenvalue weighted by atomic mass is 9.85. The fourth-order valence-electron chi connectivity index (χ4n) is 5.05. The molecule has 0 aromatic heterocycles. The van der Waals surface area contributed by atoms with E-state index in [1.165, 1.54) is 13.2 Å². The van der Waals surface area contributed by atoms with Crippen molar-refractivity contribution in [1.82, 2.24) is 0 Å². The molecule has 0 radical (unpaired) electrons. The molecule has 5 rings (SSSR count). The number of fused-ring (bicyclic) bond motifs is 5. The molecule has 3 aliphatic rings. The molecule has 7 heteroatoms. The summed E-state index contributed by atoms with van der Waals surface area (Å²) in [5.74, 6) is -1.64. The summed E-state index contributed by atoms with van der Waals surface area (Å²) in [6.45, 7) is -0.458. The molecule has 1 aliphatic heterocycles. The molecule has 7 nitrogen and oxygen atoms in total. The number of carbonyl (C=O) groups excluding carboxylic acids is 4. The molecule has 0 spiro atoms. The van der Waals surface area contributed by atoms with Gasteiger partial charge in [-0.05, 0) is 54.7 Å². The van der Waals surface area contributed by atoms with Crippen molar-refractivity contribution in [3.05, 3.63) is 71.8 Å². The van der Waals surface area contributed by atoms with Crippen LogP contribution < -0.4 is 9.64 Å². The van der Waals surface area contributed by atoms with Crippen molar-refractivity contribution in [1.29, 1.82) is 0 Å². The van der Waals surface area contributed by atoms with Gasteiger partial charge >= 0.3 is 5.97 Å². The van der Waals surface area contributed by atoms with Gasteiger partial charge in [0.1, 0.15) is 5.75 Å². The van der Waals surface area contributed by atoms with Crippen LogP contribution in [-0.2, 0) is 14.3 Å². The summed E-state index contributed by atoms with van der Waals surface area (Å²) in [6, 6.07) is 12.8. The van der Waals surface area contributed by atoms with Gasteiger partial charge in [-0.1, -0.05) is 24.3 Å². The fraction of sp³-hybridized carbons (Fsp3) is 0.280. The zero-order valence-corrected chi connectivity index (χ0v) is 17.4. The Balaban J connectivity index is 1.33. The Labute approximate surface area is 184 Å². The summed E-state index contributed by atoms with van der Waals surface area (Å²) in [5.41, 5.74) is 0.669. The number of ketones is 1. The number of para-hydroxylation sites is 1. The van der Waals surface area contributed by atoms with Crippen molar-refractivity contribution in [3.8, 4) is 5.75 Å². The Morgan fingerprint density at radius 1 is 0.938 bits per heavy atom. The molecule has 2 aromatic rings. The van der Waals surface area contributed by atoms with E-state index in [9.17, 15) is 19.2 Å². The van der Waals surface area contributed by atoms with E-state index in [1.807, 2.05) is 12.2 Å². The molecular weight excluding hydrogens is 410 g/mol. The number of imide groups is 1. The highest BCUT2D eigenvalue weighted by Gasteiger charge is 2.59. The third kappa shape index (κ3) is 3.12. The summed E-state index contributed by atoms with van der Waals surface area (Å²) >= 11 is 0. The maximum absolute atomic E-state index is 13.1. The van der Waals surface area contributed by atoms with Crippen molar-refractivity contribution >= 4 is 29.3 Å². The molecule has 2 amide bonds. The Kier molecular flexibility index (Phi) is 4.89. The minimum Gasteiger partial charge on any atom is -0.497 e. The largest absolute Gasteiger partial charge is 0.497 e. The second-order valence-corrected chi connectivity index (χ2v) is 8.26. The highest BCUT2D eigenvalue weighted by Crippen LogP contribution is 2.53. The minimum absolute atomic E-state index is 0.0766. The molecule has 1 saturated carbocycles. The number of amides is 2. The van der Waals surface area contributed by atoms with Crippen molar-refractivity contribution in [2.45, 2.75) is 6.42 Å². The van der Waals surface area contributed by atoms with Gasteiger partial charge in [0.2, 0.25) is 11.8 Å². The molecule has 162 valence electrons. The van der Waals surface area contributed by atoms with Crippen LogP contribution in [0.2, 0.25) is 0 Å². The van der Waals surface area contributed by atoms with E-state index in [1.54, 1.807) is 42.5 Å². The maximum atomic E-state index is 13.1. The quantitative estimate of drug-likeness (QED) is 0.302. The van der Waals surface area contributed by atoms with Gasteiger partial charge in [0.05, 0.1) is 30.2 Å². The Morgan fingerprint density at radius 3 is 2.19 bits per heavy atom. The lowest BCUT2D eigenvalue weighted by molar-refractivity contribution is -0.123. The van der Waals surface area contributed by atoms with Crippen molar-refractivity contribution in [2.75, 3.05) is 18.6 Å². The summed E-state index contributed by atoms with van der Waals surface area (Å²) in [7, 11) is 1.53. The van der Waals surface area contributed by atoms with Crippen LogP contribution in [0.25, 0.3) is 0 Å². The Hall–Kier alpha value is -3.74. The number of methoxy groups -OCH3 is 1. The van der Waals surface area contributed by atoms with Crippen LogP contribution in [0.5, 0.6) is 5.75 Å². The number of nitrogens with zero attached hydrogens (tertiary/aromatic N) is 1. The van der Waals surface area contributed by atoms with E-state index >= 15 is 0 Å². The number of hydrogen-bond donors (Lipinski definition) is 0. The van der Waals surface area contributed by atoms with Gasteiger partial charge in [0.25, 0.3) is 0 Å². The van der Waals surface area contributed by atoms with Gasteiger partial charge in [-0.3, -0.25) is 14.4 Å². The van der Waals surface area contributed by atoms with Gasteiger partial charge in [0, 0.05) is 5.56 Å². The number of Topliss-reactive ketones (excluding diaryl/α,β-unsaturated/α-hetero) is 1. The Bertz CT molecular complexity index is 1120. The van der Waals surface area contributed by atoms with Crippen molar-refractivity contribution in [2.24, 2.45) is 23.7 Å². The van der Waals surface area contributed by atoms with Crippen LogP contribution in [0.1, 0.15) is 27.1 Å². The molecule has 32 heavy (non-hydrogen) atoms. The summed E-state index contributed by atoms with van der Waals surface area (Å²) in [5, 5.41) is 0. The van der Waals surface area contributed by atoms with Crippen LogP contribution in [0.3, 0.4) is 0 Å². The standard InChI is InChI=1S/C25H21NO6/c1-31-17-10-8-14(9-11-17)20(27)13-32-25(30)18-4-2-3-5-19(18)26-23(28)21-15-6-7-16(12-15)22(21)24(26)29/h2-11,15-16,21-22H,12-13H2,1H3/t15-,16-,21-,22-/m0/s1. The van der Waals surface area contributed by atoms with Crippen LogP contribution in [0, 0.1) is 23.7 Å². The normalized spacial score (nSPS) is 25.2. The lowest BCUT2D eigenvalue weighted by Gasteiger charge is -2.19. The van der Waals surface area contributed by atoms with Crippen molar-refractivity contribution in [3.63, 3.8) is 0 Å². The molecule has 2 aromatic carbocycles. The molecule has 0 N–H and O–H groups in total. The monoisotopic (exact) mass is 431 g/mol. The zero-order chi connectivity index (χ0) is 22.4. The van der Waals surface area contributed by atoms with Gasteiger partial charge in [-0.15, -0.1) is 0 Å². The number of benzene rings is 2. The number of rotatable bonds is 6. The van der Waals surface area contributed by atoms with Gasteiger partial charge in [0.15, 0.2) is 12.4 Å². The van der Waals surface area contributed by atoms with Gasteiger partial charge in [-0.2, -0.15) is 0 Å². The van der Waals surface area contributed by atoms with E-state index in [2.05, 4.69) is 0 Å². The second-order valence-electron chi connectivity index (χ2n) is 8.26. The number of esters is 1. The minimum atomic E-state index is -0.763. The van der Waals surface area contributed by atoms with Crippen LogP contribution >= 0.6 is 0 Å². The molecule has 0 unspecified atom stereocenters. The maximum Gasteiger partial charge on any atom is 0.340 e. The number of carbonyl (C=O) groups is 4. The van der Waals surface area contributed by atoms with Crippen molar-refractivity contribution < 1.29 is 28.7 Å². The number of ether oxygens (including phenoxy) is 2.